The van der Waals surface area contributed by atoms with E-state index in [1.54, 1.807) is 0 Å². The molecule has 6 nitrogen and oxygen atoms in total. The zero-order chi connectivity index (χ0) is 12.6. The highest BCUT2D eigenvalue weighted by Crippen LogP contribution is 1.83. The summed E-state index contributed by atoms with van der Waals surface area (Å²) in [5, 5.41) is 5.12. The molecule has 0 unspecified atom stereocenters. The summed E-state index contributed by atoms with van der Waals surface area (Å²) in [6.07, 6.45) is 0. The molecule has 0 aliphatic rings. The van der Waals surface area contributed by atoms with Crippen molar-refractivity contribution in [2.45, 2.75) is 12.1 Å². The highest BCUT2D eigenvalue weighted by atomic mass is 32.1. The van der Waals surface area contributed by atoms with Gasteiger partial charge in [0.1, 0.15) is 0 Å². The fraction of sp³-hybridized carbons (Fsp3) is 0.750. The summed E-state index contributed by atoms with van der Waals surface area (Å²) >= 11 is 7.78. The second-order valence-corrected chi connectivity index (χ2v) is 3.89. The first-order valence-electron chi connectivity index (χ1n) is 4.81. The molecule has 0 saturated carbocycles. The van der Waals surface area contributed by atoms with Crippen LogP contribution < -0.4 is 22.1 Å². The van der Waals surface area contributed by atoms with E-state index < -0.39 is 12.1 Å². The number of hydrogen-bond donors (Lipinski definition) is 6. The van der Waals surface area contributed by atoms with Crippen molar-refractivity contribution in [2.75, 3.05) is 24.6 Å². The zero-order valence-corrected chi connectivity index (χ0v) is 10.6. The standard InChI is InChI=1S/C8H18N4O2S2/c9-5(3-15)7(13)11-1-2-12-8(14)6(10)4-16/h5-6,15-16H,1-4,9-10H2,(H,11,13)(H,12,14)/t5-,6-/m0/s1. The second kappa shape index (κ2) is 8.68. The molecule has 2 amide bonds. The Morgan fingerprint density at radius 3 is 1.50 bits per heavy atom. The highest BCUT2D eigenvalue weighted by Gasteiger charge is 2.12. The summed E-state index contributed by atoms with van der Waals surface area (Å²) in [4.78, 5) is 22.3. The van der Waals surface area contributed by atoms with Gasteiger partial charge >= 0.3 is 0 Å². The van der Waals surface area contributed by atoms with Crippen LogP contribution in [-0.2, 0) is 9.59 Å². The Morgan fingerprint density at radius 1 is 0.938 bits per heavy atom. The van der Waals surface area contributed by atoms with E-state index in [4.69, 9.17) is 11.5 Å². The Morgan fingerprint density at radius 2 is 1.25 bits per heavy atom. The fourth-order valence-electron chi connectivity index (χ4n) is 0.799. The summed E-state index contributed by atoms with van der Waals surface area (Å²) in [5.74, 6) is -0.0173. The lowest BCUT2D eigenvalue weighted by Crippen LogP contribution is -2.47. The first-order chi connectivity index (χ1) is 7.52. The van der Waals surface area contributed by atoms with Crippen molar-refractivity contribution >= 4 is 37.1 Å². The van der Waals surface area contributed by atoms with Crippen LogP contribution in [0.25, 0.3) is 0 Å². The molecule has 0 aliphatic heterocycles. The van der Waals surface area contributed by atoms with Crippen LogP contribution in [0.4, 0.5) is 0 Å². The van der Waals surface area contributed by atoms with Crippen LogP contribution in [0.1, 0.15) is 0 Å². The van der Waals surface area contributed by atoms with E-state index in [-0.39, 0.29) is 23.3 Å². The molecule has 0 heterocycles. The van der Waals surface area contributed by atoms with Crippen LogP contribution >= 0.6 is 25.3 Å². The van der Waals surface area contributed by atoms with Gasteiger partial charge in [-0.25, -0.2) is 0 Å². The first kappa shape index (κ1) is 15.6. The molecule has 8 heteroatoms. The lowest BCUT2D eigenvalue weighted by Gasteiger charge is -2.12. The number of rotatable bonds is 7. The minimum absolute atomic E-state index is 0.280. The Kier molecular flexibility index (Phi) is 8.44. The Labute approximate surface area is 106 Å². The summed E-state index contributed by atoms with van der Waals surface area (Å²) < 4.78 is 0. The number of carbonyl (C=O) groups is 2. The van der Waals surface area contributed by atoms with Gasteiger partial charge in [0.05, 0.1) is 12.1 Å². The summed E-state index contributed by atoms with van der Waals surface area (Å²) in [7, 11) is 0. The van der Waals surface area contributed by atoms with E-state index in [9.17, 15) is 9.59 Å². The topological polar surface area (TPSA) is 110 Å². The monoisotopic (exact) mass is 266 g/mol. The van der Waals surface area contributed by atoms with E-state index in [0.717, 1.165) is 0 Å². The molecule has 0 aromatic heterocycles. The molecule has 16 heavy (non-hydrogen) atoms. The van der Waals surface area contributed by atoms with Crippen molar-refractivity contribution in [3.05, 3.63) is 0 Å². The second-order valence-electron chi connectivity index (χ2n) is 3.16. The van der Waals surface area contributed by atoms with Gasteiger partial charge in [-0.3, -0.25) is 9.59 Å². The van der Waals surface area contributed by atoms with Gasteiger partial charge in [0.25, 0.3) is 0 Å². The number of amides is 2. The van der Waals surface area contributed by atoms with Crippen LogP contribution in [0.5, 0.6) is 0 Å². The Hall–Kier alpha value is -0.440. The molecule has 0 radical (unpaired) electrons. The van der Waals surface area contributed by atoms with Gasteiger partial charge in [-0.15, -0.1) is 0 Å². The van der Waals surface area contributed by atoms with Gasteiger partial charge < -0.3 is 22.1 Å². The van der Waals surface area contributed by atoms with Crippen molar-refractivity contribution in [1.29, 1.82) is 0 Å². The van der Waals surface area contributed by atoms with E-state index >= 15 is 0 Å². The molecule has 94 valence electrons. The number of hydrogen-bond acceptors (Lipinski definition) is 6. The van der Waals surface area contributed by atoms with Crippen molar-refractivity contribution < 1.29 is 9.59 Å². The van der Waals surface area contributed by atoms with Crippen LogP contribution in [0.3, 0.4) is 0 Å². The molecule has 0 bridgehead atoms. The van der Waals surface area contributed by atoms with Crippen LogP contribution in [-0.4, -0.2) is 48.5 Å². The Balaban J connectivity index is 3.61. The summed E-state index contributed by atoms with van der Waals surface area (Å²) in [6.45, 7) is 0.622. The molecule has 6 N–H and O–H groups in total. The van der Waals surface area contributed by atoms with E-state index in [1.165, 1.54) is 0 Å². The van der Waals surface area contributed by atoms with Crippen molar-refractivity contribution in [2.24, 2.45) is 11.5 Å². The fourth-order valence-corrected chi connectivity index (χ4v) is 1.13. The zero-order valence-electron chi connectivity index (χ0n) is 8.85. The summed E-state index contributed by atoms with van der Waals surface area (Å²) in [6, 6.07) is -1.25. The normalized spacial score (nSPS) is 14.0. The predicted molar refractivity (Wildman–Crippen MR) is 69.7 cm³/mol. The average Bonchev–Trinajstić information content (AvgIpc) is 2.31. The van der Waals surface area contributed by atoms with E-state index in [1.807, 2.05) is 0 Å². The van der Waals surface area contributed by atoms with Crippen LogP contribution in [0, 0.1) is 0 Å². The Bertz CT molecular complexity index is 216. The van der Waals surface area contributed by atoms with Crippen molar-refractivity contribution in [3.8, 4) is 0 Å². The molecule has 0 aliphatic carbocycles. The summed E-state index contributed by atoms with van der Waals surface area (Å²) in [5.41, 5.74) is 10.8. The smallest absolute Gasteiger partial charge is 0.237 e. The third-order valence-corrected chi connectivity index (χ3v) is 2.58. The van der Waals surface area contributed by atoms with Gasteiger partial charge in [-0.05, 0) is 0 Å². The van der Waals surface area contributed by atoms with Crippen molar-refractivity contribution in [3.63, 3.8) is 0 Å². The van der Waals surface area contributed by atoms with Crippen LogP contribution in [0.2, 0.25) is 0 Å². The number of nitrogens with one attached hydrogen (secondary N) is 2. The van der Waals surface area contributed by atoms with Gasteiger partial charge in [0.2, 0.25) is 11.8 Å². The molecule has 0 aromatic carbocycles. The largest absolute Gasteiger partial charge is 0.353 e. The number of carbonyl (C=O) groups excluding carboxylic acids is 2. The number of nitrogens with two attached hydrogens (primary N) is 2. The van der Waals surface area contributed by atoms with E-state index in [2.05, 4.69) is 35.9 Å². The van der Waals surface area contributed by atoms with E-state index in [0.29, 0.717) is 13.1 Å². The minimum atomic E-state index is -0.626. The van der Waals surface area contributed by atoms with Gasteiger partial charge in [-0.1, -0.05) is 0 Å². The minimum Gasteiger partial charge on any atom is -0.353 e. The molecule has 2 atom stereocenters. The maximum Gasteiger partial charge on any atom is 0.237 e. The number of thiol groups is 2. The van der Waals surface area contributed by atoms with Gasteiger partial charge in [0.15, 0.2) is 0 Å². The molecular formula is C8H18N4O2S2. The predicted octanol–water partition coefficient (Wildman–Crippen LogP) is -2.27. The highest BCUT2D eigenvalue weighted by molar-refractivity contribution is 7.80. The maximum atomic E-state index is 11.2. The van der Waals surface area contributed by atoms with Crippen molar-refractivity contribution in [1.82, 2.24) is 10.6 Å². The van der Waals surface area contributed by atoms with Gasteiger partial charge in [0, 0.05) is 24.6 Å². The average molecular weight is 266 g/mol. The lowest BCUT2D eigenvalue weighted by atomic mass is 10.3. The molecule has 0 saturated heterocycles. The lowest BCUT2D eigenvalue weighted by molar-refractivity contribution is -0.123. The quantitative estimate of drug-likeness (QED) is 0.231. The van der Waals surface area contributed by atoms with Gasteiger partial charge in [-0.2, -0.15) is 25.3 Å². The molecular weight excluding hydrogens is 248 g/mol. The van der Waals surface area contributed by atoms with Crippen LogP contribution in [0.15, 0.2) is 0 Å². The molecule has 0 aromatic rings. The first-order valence-corrected chi connectivity index (χ1v) is 6.07. The SMILES string of the molecule is N[C@@H](CS)C(=O)NCCNC(=O)[C@@H](N)CS. The molecule has 0 spiro atoms. The maximum absolute atomic E-state index is 11.2. The third kappa shape index (κ3) is 6.21. The molecule has 0 fully saturated rings. The molecule has 0 rings (SSSR count). The third-order valence-electron chi connectivity index (χ3n) is 1.79.